The van der Waals surface area contributed by atoms with Gasteiger partial charge in [-0.1, -0.05) is 0 Å². The summed E-state index contributed by atoms with van der Waals surface area (Å²) in [5.74, 6) is -0.148. The second-order valence-electron chi connectivity index (χ2n) is 3.52. The second-order valence-corrected chi connectivity index (χ2v) is 3.52. The SMILES string of the molecule is CO[C@@H]1O[C@H](CN=C(N)N)C(O)[C@H](O)[C@@H]1O. The number of guanidine groups is 1. The van der Waals surface area contributed by atoms with Crippen LogP contribution in [0.5, 0.6) is 0 Å². The Hall–Kier alpha value is -0.930. The molecular weight excluding hydrogens is 218 g/mol. The van der Waals surface area contributed by atoms with Gasteiger partial charge in [0.25, 0.3) is 0 Å². The maximum Gasteiger partial charge on any atom is 0.186 e. The number of ether oxygens (including phenoxy) is 2. The Balaban J connectivity index is 2.67. The minimum Gasteiger partial charge on any atom is -0.388 e. The predicted octanol–water partition coefficient (Wildman–Crippen LogP) is -3.29. The summed E-state index contributed by atoms with van der Waals surface area (Å²) in [6.45, 7) is -0.0207. The molecule has 5 atom stereocenters. The predicted molar refractivity (Wildman–Crippen MR) is 54.4 cm³/mol. The van der Waals surface area contributed by atoms with Crippen LogP contribution in [0.15, 0.2) is 4.99 Å². The van der Waals surface area contributed by atoms with Crippen molar-refractivity contribution in [3.63, 3.8) is 0 Å². The van der Waals surface area contributed by atoms with Crippen molar-refractivity contribution >= 4 is 5.96 Å². The van der Waals surface area contributed by atoms with Gasteiger partial charge in [-0.2, -0.15) is 0 Å². The molecule has 0 bridgehead atoms. The molecule has 16 heavy (non-hydrogen) atoms. The lowest BCUT2D eigenvalue weighted by Crippen LogP contribution is -2.58. The third-order valence-corrected chi connectivity index (χ3v) is 2.35. The fourth-order valence-corrected chi connectivity index (χ4v) is 1.46. The molecule has 1 fully saturated rings. The summed E-state index contributed by atoms with van der Waals surface area (Å²) in [5.41, 5.74) is 10.3. The number of aliphatic hydroxyl groups is 3. The van der Waals surface area contributed by atoms with Crippen LogP contribution in [0.2, 0.25) is 0 Å². The summed E-state index contributed by atoms with van der Waals surface area (Å²) in [7, 11) is 1.32. The number of aliphatic hydroxyl groups excluding tert-OH is 3. The summed E-state index contributed by atoms with van der Waals surface area (Å²) in [4.78, 5) is 3.67. The molecule has 0 aromatic heterocycles. The third-order valence-electron chi connectivity index (χ3n) is 2.35. The first-order valence-corrected chi connectivity index (χ1v) is 4.75. The lowest BCUT2D eigenvalue weighted by Gasteiger charge is -2.39. The van der Waals surface area contributed by atoms with Gasteiger partial charge in [0.05, 0.1) is 6.54 Å². The average Bonchev–Trinajstić information content (AvgIpc) is 2.25. The molecule has 0 spiro atoms. The van der Waals surface area contributed by atoms with E-state index in [9.17, 15) is 15.3 Å². The molecule has 8 heteroatoms. The van der Waals surface area contributed by atoms with E-state index in [1.807, 2.05) is 0 Å². The number of hydrogen-bond donors (Lipinski definition) is 5. The highest BCUT2D eigenvalue weighted by atomic mass is 16.7. The van der Waals surface area contributed by atoms with Crippen LogP contribution in [0, 0.1) is 0 Å². The number of hydrogen-bond acceptors (Lipinski definition) is 6. The van der Waals surface area contributed by atoms with Crippen molar-refractivity contribution in [3.05, 3.63) is 0 Å². The number of nitrogens with zero attached hydrogens (tertiary/aromatic N) is 1. The van der Waals surface area contributed by atoms with E-state index in [2.05, 4.69) is 4.99 Å². The van der Waals surface area contributed by atoms with E-state index in [4.69, 9.17) is 20.9 Å². The molecule has 1 heterocycles. The Morgan fingerprint density at radius 3 is 2.38 bits per heavy atom. The van der Waals surface area contributed by atoms with Crippen LogP contribution in [0.4, 0.5) is 0 Å². The van der Waals surface area contributed by atoms with E-state index in [1.165, 1.54) is 7.11 Å². The van der Waals surface area contributed by atoms with Crippen LogP contribution in [-0.2, 0) is 9.47 Å². The lowest BCUT2D eigenvalue weighted by atomic mass is 9.99. The molecule has 1 rings (SSSR count). The van der Waals surface area contributed by atoms with Crippen LogP contribution < -0.4 is 11.5 Å². The average molecular weight is 235 g/mol. The number of rotatable bonds is 3. The van der Waals surface area contributed by atoms with Crippen molar-refractivity contribution in [1.82, 2.24) is 0 Å². The van der Waals surface area contributed by atoms with Gasteiger partial charge < -0.3 is 36.3 Å². The van der Waals surface area contributed by atoms with Crippen LogP contribution in [0.3, 0.4) is 0 Å². The molecule has 7 N–H and O–H groups in total. The molecule has 1 aliphatic rings. The zero-order chi connectivity index (χ0) is 12.3. The van der Waals surface area contributed by atoms with Gasteiger partial charge in [0.1, 0.15) is 24.4 Å². The van der Waals surface area contributed by atoms with Crippen molar-refractivity contribution in [3.8, 4) is 0 Å². The van der Waals surface area contributed by atoms with Crippen LogP contribution in [0.1, 0.15) is 0 Å². The quantitative estimate of drug-likeness (QED) is 0.255. The van der Waals surface area contributed by atoms with E-state index in [1.54, 1.807) is 0 Å². The molecule has 0 aromatic carbocycles. The van der Waals surface area contributed by atoms with Gasteiger partial charge in [-0.05, 0) is 0 Å². The maximum atomic E-state index is 9.59. The highest BCUT2D eigenvalue weighted by molar-refractivity contribution is 5.75. The first kappa shape index (κ1) is 13.1. The summed E-state index contributed by atoms with van der Waals surface area (Å²) in [5, 5.41) is 28.6. The second kappa shape index (κ2) is 5.41. The Kier molecular flexibility index (Phi) is 4.44. The first-order valence-electron chi connectivity index (χ1n) is 4.75. The van der Waals surface area contributed by atoms with Gasteiger partial charge in [0.15, 0.2) is 12.2 Å². The van der Waals surface area contributed by atoms with E-state index < -0.39 is 30.7 Å². The molecule has 8 nitrogen and oxygen atoms in total. The third kappa shape index (κ3) is 2.80. The highest BCUT2D eigenvalue weighted by Gasteiger charge is 2.43. The molecule has 0 radical (unpaired) electrons. The fourth-order valence-electron chi connectivity index (χ4n) is 1.46. The summed E-state index contributed by atoms with van der Waals surface area (Å²) < 4.78 is 9.99. The number of aliphatic imine (C=N–C) groups is 1. The molecule has 0 aliphatic carbocycles. The zero-order valence-corrected chi connectivity index (χ0v) is 8.85. The lowest BCUT2D eigenvalue weighted by molar-refractivity contribution is -0.287. The molecule has 0 saturated carbocycles. The monoisotopic (exact) mass is 235 g/mol. The van der Waals surface area contributed by atoms with Gasteiger partial charge in [0, 0.05) is 7.11 Å². The number of nitrogens with two attached hydrogens (primary N) is 2. The Morgan fingerprint density at radius 2 is 1.88 bits per heavy atom. The van der Waals surface area contributed by atoms with Gasteiger partial charge >= 0.3 is 0 Å². The van der Waals surface area contributed by atoms with Gasteiger partial charge in [-0.3, -0.25) is 4.99 Å². The van der Waals surface area contributed by atoms with Crippen molar-refractivity contribution in [1.29, 1.82) is 0 Å². The molecule has 94 valence electrons. The normalized spacial score (nSPS) is 39.4. The van der Waals surface area contributed by atoms with Crippen molar-refractivity contribution < 1.29 is 24.8 Å². The molecular formula is C8H17N3O5. The van der Waals surface area contributed by atoms with Gasteiger partial charge in [-0.15, -0.1) is 0 Å². The minimum absolute atomic E-state index is 0.0207. The van der Waals surface area contributed by atoms with E-state index >= 15 is 0 Å². The Labute approximate surface area is 92.5 Å². The smallest absolute Gasteiger partial charge is 0.186 e. The summed E-state index contributed by atoms with van der Waals surface area (Å²) in [6.07, 6.45) is -5.79. The minimum atomic E-state index is -1.36. The van der Waals surface area contributed by atoms with E-state index in [-0.39, 0.29) is 12.5 Å². The summed E-state index contributed by atoms with van der Waals surface area (Å²) >= 11 is 0. The Morgan fingerprint density at radius 1 is 1.25 bits per heavy atom. The van der Waals surface area contributed by atoms with E-state index in [0.717, 1.165) is 0 Å². The van der Waals surface area contributed by atoms with Crippen molar-refractivity contribution in [2.75, 3.05) is 13.7 Å². The van der Waals surface area contributed by atoms with Crippen LogP contribution in [0.25, 0.3) is 0 Å². The van der Waals surface area contributed by atoms with Crippen LogP contribution >= 0.6 is 0 Å². The molecule has 0 amide bonds. The fraction of sp³-hybridized carbons (Fsp3) is 0.875. The highest BCUT2D eigenvalue weighted by Crippen LogP contribution is 2.21. The van der Waals surface area contributed by atoms with Crippen LogP contribution in [-0.4, -0.2) is 65.6 Å². The molecule has 1 saturated heterocycles. The van der Waals surface area contributed by atoms with E-state index in [0.29, 0.717) is 0 Å². The van der Waals surface area contributed by atoms with Crippen molar-refractivity contribution in [2.45, 2.75) is 30.7 Å². The zero-order valence-electron chi connectivity index (χ0n) is 8.85. The molecule has 1 unspecified atom stereocenters. The Bertz CT molecular complexity index is 256. The standard InChI is InChI=1S/C8H17N3O5/c1-15-7-6(14)5(13)4(12)3(16-7)2-11-8(9)10/h3-7,12-14H,2H2,1H3,(H4,9,10,11)/t3-,4?,5+,6+,7-/m1/s1. The maximum absolute atomic E-state index is 9.59. The number of methoxy groups -OCH3 is 1. The van der Waals surface area contributed by atoms with Crippen molar-refractivity contribution in [2.24, 2.45) is 16.5 Å². The topological polar surface area (TPSA) is 144 Å². The van der Waals surface area contributed by atoms with Gasteiger partial charge in [-0.25, -0.2) is 0 Å². The summed E-state index contributed by atoms with van der Waals surface area (Å²) in [6, 6.07) is 0. The van der Waals surface area contributed by atoms with Gasteiger partial charge in [0.2, 0.25) is 0 Å². The largest absolute Gasteiger partial charge is 0.388 e. The molecule has 0 aromatic rings. The first-order chi connectivity index (χ1) is 7.47. The molecule has 1 aliphatic heterocycles.